The molecule has 0 saturated heterocycles. The third-order valence-corrected chi connectivity index (χ3v) is 8.35. The molecule has 3 aromatic carbocycles. The summed E-state index contributed by atoms with van der Waals surface area (Å²) in [6, 6.07) is 20.8. The molecule has 8 nitrogen and oxygen atoms in total. The number of hydrogen-bond donors (Lipinski definition) is 3. The summed E-state index contributed by atoms with van der Waals surface area (Å²) in [6.07, 6.45) is 2.02. The standard InChI is InChI=1S/C30H27ClN4O4S/c1-3-23(26(36)29-34-24-10-6-7-11-25(24)39-29)33-27(37)18(2)30(32-16-17-40-30)35-28(38)20-14-12-19(13-15-20)21-8-4-5-9-22(21)31/h4-18,23,32H,3H2,1-2H3,(H,33,37)(H,35,38)/t18?,23-,30?/m0/s1. The van der Waals surface area contributed by atoms with Crippen molar-refractivity contribution in [2.75, 3.05) is 0 Å². The Morgan fingerprint density at radius 2 is 1.77 bits per heavy atom. The number of ketones is 1. The highest BCUT2D eigenvalue weighted by molar-refractivity contribution is 8.03. The van der Waals surface area contributed by atoms with Crippen LogP contribution in [0.1, 0.15) is 41.3 Å². The number of Topliss-reactive ketones (excluding diaryl/α,β-unsaturated/α-hetero) is 1. The molecule has 3 atom stereocenters. The van der Waals surface area contributed by atoms with Crippen LogP contribution in [-0.2, 0) is 4.79 Å². The van der Waals surface area contributed by atoms with Crippen molar-refractivity contribution < 1.29 is 18.8 Å². The van der Waals surface area contributed by atoms with E-state index in [1.807, 2.05) is 36.4 Å². The topological polar surface area (TPSA) is 113 Å². The Morgan fingerprint density at radius 3 is 2.45 bits per heavy atom. The van der Waals surface area contributed by atoms with Crippen LogP contribution in [0.2, 0.25) is 5.02 Å². The maximum Gasteiger partial charge on any atom is 0.266 e. The lowest BCUT2D eigenvalue weighted by molar-refractivity contribution is -0.126. The summed E-state index contributed by atoms with van der Waals surface area (Å²) in [6.45, 7) is 3.49. The summed E-state index contributed by atoms with van der Waals surface area (Å²) in [5.74, 6) is -2.00. The number of fused-ring (bicyclic) bond motifs is 1. The highest BCUT2D eigenvalue weighted by Gasteiger charge is 2.44. The zero-order chi connectivity index (χ0) is 28.3. The Bertz CT molecular complexity index is 1560. The summed E-state index contributed by atoms with van der Waals surface area (Å²) in [5, 5.41) is 11.3. The number of para-hydroxylation sites is 2. The highest BCUT2D eigenvalue weighted by atomic mass is 35.5. The molecular formula is C30H27ClN4O4S. The molecule has 2 amide bonds. The van der Waals surface area contributed by atoms with Crippen molar-refractivity contribution in [1.82, 2.24) is 20.9 Å². The minimum absolute atomic E-state index is 0.0562. The van der Waals surface area contributed by atoms with Crippen molar-refractivity contribution >= 4 is 52.1 Å². The molecular weight excluding hydrogens is 548 g/mol. The van der Waals surface area contributed by atoms with Gasteiger partial charge in [-0.1, -0.05) is 72.8 Å². The Balaban J connectivity index is 1.29. The maximum atomic E-state index is 13.4. The van der Waals surface area contributed by atoms with E-state index in [2.05, 4.69) is 20.9 Å². The molecule has 1 aliphatic rings. The third kappa shape index (κ3) is 5.48. The molecule has 0 spiro atoms. The van der Waals surface area contributed by atoms with Gasteiger partial charge < -0.3 is 20.4 Å². The van der Waals surface area contributed by atoms with E-state index in [9.17, 15) is 14.4 Å². The fourth-order valence-electron chi connectivity index (χ4n) is 4.43. The van der Waals surface area contributed by atoms with E-state index in [0.717, 1.165) is 11.1 Å². The summed E-state index contributed by atoms with van der Waals surface area (Å²) in [4.78, 5) is 42.9. The number of nitrogens with zero attached hydrogens (tertiary/aromatic N) is 1. The van der Waals surface area contributed by atoms with Crippen LogP contribution in [0.15, 0.2) is 88.8 Å². The van der Waals surface area contributed by atoms with E-state index in [0.29, 0.717) is 28.1 Å². The van der Waals surface area contributed by atoms with Crippen LogP contribution < -0.4 is 16.0 Å². The summed E-state index contributed by atoms with van der Waals surface area (Å²) < 4.78 is 5.62. The average molecular weight is 575 g/mol. The molecule has 0 radical (unpaired) electrons. The number of amides is 2. The number of carbonyl (C=O) groups is 3. The van der Waals surface area contributed by atoms with Crippen LogP contribution in [0.5, 0.6) is 0 Å². The molecule has 0 fully saturated rings. The van der Waals surface area contributed by atoms with Gasteiger partial charge in [0.15, 0.2) is 10.6 Å². The number of nitrogens with one attached hydrogen (secondary N) is 3. The van der Waals surface area contributed by atoms with Crippen LogP contribution >= 0.6 is 23.4 Å². The van der Waals surface area contributed by atoms with Crippen molar-refractivity contribution in [3.8, 4) is 11.1 Å². The van der Waals surface area contributed by atoms with Gasteiger partial charge in [0, 0.05) is 22.3 Å². The molecule has 1 aromatic heterocycles. The van der Waals surface area contributed by atoms with Crippen LogP contribution in [0.4, 0.5) is 0 Å². The second-order valence-corrected chi connectivity index (χ2v) is 10.9. The minimum atomic E-state index is -1.15. The van der Waals surface area contributed by atoms with E-state index in [1.54, 1.807) is 61.9 Å². The number of oxazole rings is 1. The Hall–Kier alpha value is -4.08. The molecule has 204 valence electrons. The van der Waals surface area contributed by atoms with Crippen molar-refractivity contribution in [1.29, 1.82) is 0 Å². The van der Waals surface area contributed by atoms with Crippen molar-refractivity contribution in [2.45, 2.75) is 31.3 Å². The van der Waals surface area contributed by atoms with Crippen molar-refractivity contribution in [3.63, 3.8) is 0 Å². The number of aromatic nitrogens is 1. The predicted octanol–water partition coefficient (Wildman–Crippen LogP) is 5.75. The summed E-state index contributed by atoms with van der Waals surface area (Å²) in [5.41, 5.74) is 3.25. The Labute approximate surface area is 240 Å². The van der Waals surface area contributed by atoms with E-state index in [4.69, 9.17) is 16.0 Å². The molecule has 0 aliphatic carbocycles. The first-order valence-electron chi connectivity index (χ1n) is 12.8. The van der Waals surface area contributed by atoms with E-state index in [1.165, 1.54) is 11.8 Å². The molecule has 1 aliphatic heterocycles. The molecule has 0 saturated carbocycles. The zero-order valence-corrected chi connectivity index (χ0v) is 23.4. The number of benzene rings is 3. The van der Waals surface area contributed by atoms with Crippen LogP contribution in [0.25, 0.3) is 22.2 Å². The van der Waals surface area contributed by atoms with Gasteiger partial charge in [-0.3, -0.25) is 14.4 Å². The van der Waals surface area contributed by atoms with Crippen LogP contribution in [0.3, 0.4) is 0 Å². The zero-order valence-electron chi connectivity index (χ0n) is 21.8. The van der Waals surface area contributed by atoms with Gasteiger partial charge in [0.2, 0.25) is 11.7 Å². The lowest BCUT2D eigenvalue weighted by Gasteiger charge is -2.35. The molecule has 3 N–H and O–H groups in total. The molecule has 2 unspecified atom stereocenters. The average Bonchev–Trinajstić information content (AvgIpc) is 3.63. The second-order valence-electron chi connectivity index (χ2n) is 9.35. The number of rotatable bonds is 9. The monoisotopic (exact) mass is 574 g/mol. The van der Waals surface area contributed by atoms with Gasteiger partial charge >= 0.3 is 0 Å². The fourth-order valence-corrected chi connectivity index (χ4v) is 5.63. The minimum Gasteiger partial charge on any atom is -0.434 e. The van der Waals surface area contributed by atoms with Crippen molar-refractivity contribution in [2.24, 2.45) is 5.92 Å². The highest BCUT2D eigenvalue weighted by Crippen LogP contribution is 2.34. The van der Waals surface area contributed by atoms with Gasteiger partial charge in [-0.15, -0.1) is 0 Å². The number of carbonyl (C=O) groups excluding carboxylic acids is 3. The summed E-state index contributed by atoms with van der Waals surface area (Å²) >= 11 is 7.59. The van der Waals surface area contributed by atoms with Gasteiger partial charge in [-0.25, -0.2) is 4.98 Å². The molecule has 5 rings (SSSR count). The second kappa shape index (κ2) is 11.6. The molecule has 4 aromatic rings. The number of thioether (sulfide) groups is 1. The fraction of sp³-hybridized carbons (Fsp3) is 0.200. The lowest BCUT2D eigenvalue weighted by Crippen LogP contribution is -2.61. The molecule has 10 heteroatoms. The van der Waals surface area contributed by atoms with E-state index in [-0.39, 0.29) is 11.8 Å². The van der Waals surface area contributed by atoms with Crippen molar-refractivity contribution in [3.05, 3.63) is 101 Å². The SMILES string of the molecule is CC[C@H](NC(=O)C(C)C1(NC(=O)c2ccc(-c3ccccc3Cl)cc2)NC=CS1)C(=O)c1nc2ccccc2o1. The van der Waals surface area contributed by atoms with Gasteiger partial charge in [0.1, 0.15) is 5.52 Å². The normalized spacial score (nSPS) is 17.7. The quantitative estimate of drug-likeness (QED) is 0.218. The first kappa shape index (κ1) is 27.5. The number of halogens is 1. The molecule has 2 heterocycles. The largest absolute Gasteiger partial charge is 0.434 e. The Kier molecular flexibility index (Phi) is 7.95. The van der Waals surface area contributed by atoms with Gasteiger partial charge in [0.25, 0.3) is 11.8 Å². The first-order valence-corrected chi connectivity index (χ1v) is 14.0. The lowest BCUT2D eigenvalue weighted by atomic mass is 10.0. The van der Waals surface area contributed by atoms with Gasteiger partial charge in [0.05, 0.1) is 12.0 Å². The van der Waals surface area contributed by atoms with Gasteiger partial charge in [-0.05, 0) is 54.6 Å². The van der Waals surface area contributed by atoms with E-state index >= 15 is 0 Å². The first-order chi connectivity index (χ1) is 19.3. The van der Waals surface area contributed by atoms with Crippen LogP contribution in [0, 0.1) is 5.92 Å². The van der Waals surface area contributed by atoms with Crippen LogP contribution in [-0.4, -0.2) is 33.6 Å². The van der Waals surface area contributed by atoms with E-state index < -0.39 is 28.6 Å². The van der Waals surface area contributed by atoms with Gasteiger partial charge in [-0.2, -0.15) is 0 Å². The molecule has 0 bridgehead atoms. The molecule has 40 heavy (non-hydrogen) atoms. The number of hydrogen-bond acceptors (Lipinski definition) is 7. The maximum absolute atomic E-state index is 13.4. The smallest absolute Gasteiger partial charge is 0.266 e. The summed E-state index contributed by atoms with van der Waals surface area (Å²) in [7, 11) is 0. The predicted molar refractivity (Wildman–Crippen MR) is 157 cm³/mol. The Morgan fingerprint density at radius 1 is 1.05 bits per heavy atom. The third-order valence-electron chi connectivity index (χ3n) is 6.80.